The van der Waals surface area contributed by atoms with Gasteiger partial charge in [-0.1, -0.05) is 44.5 Å². The van der Waals surface area contributed by atoms with Gasteiger partial charge >= 0.3 is 35.5 Å². The minimum atomic E-state index is -0.393. The van der Waals surface area contributed by atoms with Crippen molar-refractivity contribution in [3.8, 4) is 0 Å². The first kappa shape index (κ1) is 64.6. The first-order chi connectivity index (χ1) is 41.2. The molecule has 24 nitrogen and oxygen atoms in total. The number of nitrogens with zero attached hydrogens (tertiary/aromatic N) is 9. The van der Waals surface area contributed by atoms with Crippen LogP contribution in [0, 0.1) is 0 Å². The Bertz CT molecular complexity index is 3900. The molecule has 0 radical (unpaired) electrons. The lowest BCUT2D eigenvalue weighted by Crippen LogP contribution is -2.41. The van der Waals surface area contributed by atoms with Crippen LogP contribution in [0.15, 0.2) is 135 Å². The monoisotopic (exact) mass is 1220 g/mol. The average Bonchev–Trinajstić information content (AvgIpc) is 3.46. The Morgan fingerprint density at radius 3 is 1.56 bits per heavy atom. The van der Waals surface area contributed by atoms with Gasteiger partial charge in [-0.05, 0) is 113 Å². The molecule has 0 unspecified atom stereocenters. The van der Waals surface area contributed by atoms with Crippen molar-refractivity contribution in [2.75, 3.05) is 21.3 Å². The van der Waals surface area contributed by atoms with Crippen molar-refractivity contribution < 1.29 is 19.2 Å². The highest BCUT2D eigenvalue weighted by Gasteiger charge is 2.32. The van der Waals surface area contributed by atoms with E-state index in [2.05, 4.69) is 77.5 Å². The van der Waals surface area contributed by atoms with Crippen molar-refractivity contribution in [1.29, 1.82) is 0 Å². The van der Waals surface area contributed by atoms with Crippen LogP contribution in [0.2, 0.25) is 0 Å². The van der Waals surface area contributed by atoms with Crippen LogP contribution >= 0.6 is 22.7 Å². The van der Waals surface area contributed by atoms with Gasteiger partial charge in [-0.15, -0.1) is 22.7 Å². The molecule has 0 saturated carbocycles. The summed E-state index contributed by atoms with van der Waals surface area (Å²) in [4.78, 5) is 121. The van der Waals surface area contributed by atoms with Crippen LogP contribution in [-0.4, -0.2) is 107 Å². The zero-order valence-corrected chi connectivity index (χ0v) is 52.2. The fourth-order valence-electron chi connectivity index (χ4n) is 9.64. The number of imidazole rings is 1. The summed E-state index contributed by atoms with van der Waals surface area (Å²) in [5, 5.41) is 18.0. The minimum absolute atomic E-state index is 0.0824. The molecule has 8 amide bonds. The van der Waals surface area contributed by atoms with Crippen molar-refractivity contribution >= 4 is 114 Å². The van der Waals surface area contributed by atoms with Crippen molar-refractivity contribution in [2.24, 2.45) is 0 Å². The normalized spacial score (nSPS) is 14.1. The Labute approximate surface area is 509 Å². The van der Waals surface area contributed by atoms with E-state index in [1.165, 1.54) is 33.9 Å². The molecule has 456 valence electrons. The van der Waals surface area contributed by atoms with Gasteiger partial charge in [0, 0.05) is 88.1 Å². The number of pyridine rings is 2. The lowest BCUT2D eigenvalue weighted by molar-refractivity contribution is 0.221. The van der Waals surface area contributed by atoms with Crippen LogP contribution in [0.25, 0.3) is 44.6 Å². The zero-order chi connectivity index (χ0) is 63.9. The molecule has 7 N–H and O–H groups in total. The Morgan fingerprint density at radius 1 is 0.471 bits per heavy atom. The van der Waals surface area contributed by atoms with Crippen molar-refractivity contribution in [1.82, 2.24) is 58.6 Å². The van der Waals surface area contributed by atoms with Gasteiger partial charge in [-0.3, -0.25) is 53.6 Å². The van der Waals surface area contributed by atoms with Gasteiger partial charge in [0.15, 0.2) is 5.82 Å². The third-order valence-corrected chi connectivity index (χ3v) is 15.3. The molecule has 0 saturated heterocycles. The maximum absolute atomic E-state index is 11.9. The molecule has 11 heterocycles. The van der Waals surface area contributed by atoms with Crippen molar-refractivity contribution in [3.63, 3.8) is 0 Å². The SMILES string of the molecule is C=C1c2[nH]cnc2NC(=O)N1C(C)C.C=C1c2ccccc2NC(=O)N1C(C)C.C=C1c2cscc2NC(=O)N1C(C)C.C=C1c2sccc2NC(=O)N1C(C)C.CC(C)n1c(=O)[nH]c2ccncc2c1=O.CC(C)n1c(=O)[nH]c2cnccc2c1=O. The molecule has 0 spiro atoms. The maximum Gasteiger partial charge on any atom is 0.329 e. The molecule has 0 bridgehead atoms. The van der Waals surface area contributed by atoms with Crippen molar-refractivity contribution in [2.45, 2.75) is 119 Å². The van der Waals surface area contributed by atoms with Gasteiger partial charge in [0.05, 0.1) is 67.7 Å². The average molecular weight is 1220 g/mol. The van der Waals surface area contributed by atoms with Crippen LogP contribution in [0.3, 0.4) is 0 Å². The fraction of sp³-hybridized carbons (Fsp3) is 0.295. The first-order valence-electron chi connectivity index (χ1n) is 27.8. The van der Waals surface area contributed by atoms with Crippen LogP contribution < -0.4 is 43.8 Å². The number of nitrogens with one attached hydrogen (secondary N) is 7. The van der Waals surface area contributed by atoms with E-state index in [1.807, 2.05) is 102 Å². The molecule has 87 heavy (non-hydrogen) atoms. The molecule has 4 aliphatic rings. The molecule has 0 atom stereocenters. The summed E-state index contributed by atoms with van der Waals surface area (Å²) in [6, 6.07) is 12.5. The first-order valence-corrected chi connectivity index (χ1v) is 29.6. The number of urea groups is 4. The molecule has 8 aromatic rings. The molecule has 7 aromatic heterocycles. The minimum Gasteiger partial charge on any atom is -0.342 e. The lowest BCUT2D eigenvalue weighted by Gasteiger charge is -2.34. The van der Waals surface area contributed by atoms with E-state index in [0.29, 0.717) is 33.3 Å². The highest BCUT2D eigenvalue weighted by molar-refractivity contribution is 7.11. The number of hydrogen-bond donors (Lipinski definition) is 7. The number of aromatic nitrogens is 8. The summed E-state index contributed by atoms with van der Waals surface area (Å²) >= 11 is 3.17. The molecular formula is C61H72N16O8S2. The van der Waals surface area contributed by atoms with Crippen molar-refractivity contribution in [3.05, 3.63) is 179 Å². The second kappa shape index (κ2) is 27.4. The number of aromatic amines is 3. The number of anilines is 4. The third kappa shape index (κ3) is 13.9. The number of carbonyl (C=O) groups excluding carboxylic acids is 4. The summed E-state index contributed by atoms with van der Waals surface area (Å²) < 4.78 is 2.38. The Balaban J connectivity index is 0.000000149. The Morgan fingerprint density at radius 2 is 0.966 bits per heavy atom. The smallest absolute Gasteiger partial charge is 0.329 e. The van der Waals surface area contributed by atoms with E-state index < -0.39 is 5.69 Å². The summed E-state index contributed by atoms with van der Waals surface area (Å²) in [5.41, 5.74) is 8.07. The topological polar surface area (TPSA) is 294 Å². The quantitative estimate of drug-likeness (QED) is 0.0821. The van der Waals surface area contributed by atoms with E-state index in [4.69, 9.17) is 0 Å². The number of rotatable bonds is 6. The van der Waals surface area contributed by atoms with E-state index in [1.54, 1.807) is 88.4 Å². The van der Waals surface area contributed by atoms with Gasteiger partial charge < -0.3 is 30.9 Å². The largest absolute Gasteiger partial charge is 0.342 e. The number of benzene rings is 1. The molecule has 0 aliphatic carbocycles. The van der Waals surface area contributed by atoms with Gasteiger partial charge in [-0.2, -0.15) is 0 Å². The van der Waals surface area contributed by atoms with E-state index >= 15 is 0 Å². The number of thiophene rings is 2. The maximum atomic E-state index is 11.9. The standard InChI is InChI=1S/C12H14N2O.2C10H11N3O2.2C10H12N2OS.C9H12N4O/c1-8(2)14-9(3)10-6-4-5-7-11(10)13-12(14)15;1-6(2)13-9(14)7-5-11-4-3-8(7)12-10(13)15;1-6(2)13-9(14)7-3-4-11-5-8(7)12-10(13)15;1-6(2)12-7(3)8-4-14-5-9(8)11-10(12)13;1-6(2)12-7(3)9-8(4-5-14-9)11-10(12)13;1-5(2)13-6(3)7-8(11-4-10-7)12-9(13)14/h4-8H,3H2,1-2H3,(H,13,15);2*3-6H,1-2H3,(H,12,15);2*4-6H,3H2,1-2H3,(H,11,13);4-5H,3H2,1-2H3,(H,10,11)(H,12,14). The summed E-state index contributed by atoms with van der Waals surface area (Å²) in [7, 11) is 0. The van der Waals surface area contributed by atoms with Crippen LogP contribution in [0.1, 0.15) is 117 Å². The summed E-state index contributed by atoms with van der Waals surface area (Å²) in [6.45, 7) is 38.6. The van der Waals surface area contributed by atoms with Crippen LogP contribution in [-0.2, 0) is 0 Å². The van der Waals surface area contributed by atoms with Gasteiger partial charge in [-0.25, -0.2) is 33.8 Å². The second-order valence-electron chi connectivity index (χ2n) is 21.6. The number of amides is 8. The number of H-pyrrole nitrogens is 3. The molecular weight excluding hydrogens is 1150 g/mol. The molecule has 1 aromatic carbocycles. The highest BCUT2D eigenvalue weighted by Crippen LogP contribution is 2.37. The zero-order valence-electron chi connectivity index (χ0n) is 50.6. The number of hydrogen-bond acceptors (Lipinski definition) is 13. The van der Waals surface area contributed by atoms with Gasteiger partial charge in [0.1, 0.15) is 5.69 Å². The predicted molar refractivity (Wildman–Crippen MR) is 348 cm³/mol. The number of carbonyl (C=O) groups is 4. The molecule has 12 rings (SSSR count). The van der Waals surface area contributed by atoms with E-state index in [0.717, 1.165) is 55.9 Å². The van der Waals surface area contributed by atoms with Crippen LogP contribution in [0.5, 0.6) is 0 Å². The number of para-hydroxylation sites is 1. The Kier molecular flexibility index (Phi) is 20.3. The number of fused-ring (bicyclic) bond motifs is 6. The third-order valence-electron chi connectivity index (χ3n) is 13.6. The summed E-state index contributed by atoms with van der Waals surface area (Å²) in [5.74, 6) is 0.553. The predicted octanol–water partition coefficient (Wildman–Crippen LogP) is 11.8. The van der Waals surface area contributed by atoms with Crippen LogP contribution in [0.4, 0.5) is 42.1 Å². The summed E-state index contributed by atoms with van der Waals surface area (Å²) in [6.07, 6.45) is 7.55. The highest BCUT2D eigenvalue weighted by atomic mass is 32.1. The van der Waals surface area contributed by atoms with E-state index in [-0.39, 0.29) is 77.2 Å². The molecule has 0 fully saturated rings. The van der Waals surface area contributed by atoms with Gasteiger partial charge in [0.2, 0.25) is 0 Å². The fourth-order valence-corrected chi connectivity index (χ4v) is 11.3. The second-order valence-corrected chi connectivity index (χ2v) is 23.3. The van der Waals surface area contributed by atoms with Gasteiger partial charge in [0.25, 0.3) is 11.1 Å². The lowest BCUT2D eigenvalue weighted by atomic mass is 10.1. The molecule has 26 heteroatoms. The Hall–Kier alpha value is -9.95. The van der Waals surface area contributed by atoms with E-state index in [9.17, 15) is 38.4 Å². The molecule has 4 aliphatic heterocycles.